The highest BCUT2D eigenvalue weighted by atomic mass is 32.1. The van der Waals surface area contributed by atoms with Gasteiger partial charge in [-0.05, 0) is 73.3 Å². The van der Waals surface area contributed by atoms with E-state index < -0.39 is 5.97 Å². The molecule has 32 heavy (non-hydrogen) atoms. The number of benzene rings is 1. The number of thiophene rings is 1. The molecule has 1 amide bonds. The van der Waals surface area contributed by atoms with Gasteiger partial charge in [-0.15, -0.1) is 11.3 Å². The number of rotatable bonds is 4. The highest BCUT2D eigenvalue weighted by Crippen LogP contribution is 2.36. The van der Waals surface area contributed by atoms with Gasteiger partial charge in [-0.3, -0.25) is 4.79 Å². The lowest BCUT2D eigenvalue weighted by molar-refractivity contribution is -0.135. The largest absolute Gasteiger partial charge is 0.452 e. The number of para-hydroxylation sites is 1. The van der Waals surface area contributed by atoms with Crippen molar-refractivity contribution in [1.82, 2.24) is 9.88 Å². The number of hydrogen-bond acceptors (Lipinski definition) is 5. The van der Waals surface area contributed by atoms with E-state index in [1.54, 1.807) is 16.2 Å². The molecule has 0 spiro atoms. The summed E-state index contributed by atoms with van der Waals surface area (Å²) in [6, 6.07) is 11.8. The zero-order valence-corrected chi connectivity index (χ0v) is 18.8. The summed E-state index contributed by atoms with van der Waals surface area (Å²) in [5.41, 5.74) is 4.32. The Morgan fingerprint density at radius 3 is 2.69 bits per heavy atom. The van der Waals surface area contributed by atoms with Crippen LogP contribution in [0, 0.1) is 0 Å². The Kier molecular flexibility index (Phi) is 6.04. The Labute approximate surface area is 191 Å². The van der Waals surface area contributed by atoms with E-state index in [2.05, 4.69) is 17.5 Å². The maximum Gasteiger partial charge on any atom is 0.339 e. The van der Waals surface area contributed by atoms with E-state index in [-0.39, 0.29) is 12.5 Å². The number of pyridine rings is 1. The minimum Gasteiger partial charge on any atom is -0.452 e. The minimum atomic E-state index is -0.428. The first-order valence-corrected chi connectivity index (χ1v) is 12.2. The summed E-state index contributed by atoms with van der Waals surface area (Å²) in [5, 5.41) is 2.85. The number of hydrogen-bond donors (Lipinski definition) is 0. The van der Waals surface area contributed by atoms with Gasteiger partial charge in [-0.25, -0.2) is 9.78 Å². The van der Waals surface area contributed by atoms with Gasteiger partial charge in [-0.2, -0.15) is 0 Å². The number of nitrogens with zero attached hydrogens (tertiary/aromatic N) is 2. The molecule has 0 N–H and O–H groups in total. The van der Waals surface area contributed by atoms with Crippen molar-refractivity contribution in [1.29, 1.82) is 0 Å². The molecule has 5 nitrogen and oxygen atoms in total. The van der Waals surface area contributed by atoms with Crippen molar-refractivity contribution in [3.05, 3.63) is 63.5 Å². The SMILES string of the molecule is O=C(OCC(=O)N1CCCCC1)c1c2c(nc3ccccc13)C(=Cc1cccs1)CCC2. The van der Waals surface area contributed by atoms with E-state index in [0.29, 0.717) is 5.56 Å². The number of amides is 1. The monoisotopic (exact) mass is 446 g/mol. The number of aromatic nitrogens is 1. The molecule has 0 radical (unpaired) electrons. The van der Waals surface area contributed by atoms with Crippen LogP contribution >= 0.6 is 11.3 Å². The molecule has 0 atom stereocenters. The van der Waals surface area contributed by atoms with Crippen molar-refractivity contribution in [2.75, 3.05) is 19.7 Å². The number of esters is 1. The summed E-state index contributed by atoms with van der Waals surface area (Å²) in [4.78, 5) is 33.8. The third-order valence-electron chi connectivity index (χ3n) is 6.27. The van der Waals surface area contributed by atoms with E-state index in [4.69, 9.17) is 9.72 Å². The summed E-state index contributed by atoms with van der Waals surface area (Å²) >= 11 is 1.69. The van der Waals surface area contributed by atoms with Crippen molar-refractivity contribution in [2.45, 2.75) is 38.5 Å². The van der Waals surface area contributed by atoms with E-state index in [9.17, 15) is 9.59 Å². The van der Waals surface area contributed by atoms with Crippen molar-refractivity contribution in [3.63, 3.8) is 0 Å². The standard InChI is InChI=1S/C26H26N2O3S/c29-23(28-13-4-1-5-14-28)17-31-26(30)24-20-10-2-3-12-22(20)27-25-18(8-6-11-21(24)25)16-19-9-7-15-32-19/h2-3,7,9-10,12,15-16H,1,4-6,8,11,13-14,17H2. The lowest BCUT2D eigenvalue weighted by Gasteiger charge is -2.26. The van der Waals surface area contributed by atoms with Gasteiger partial charge in [0.15, 0.2) is 6.61 Å². The Morgan fingerprint density at radius 2 is 1.88 bits per heavy atom. The average molecular weight is 447 g/mol. The topological polar surface area (TPSA) is 59.5 Å². The Hall–Kier alpha value is -2.99. The summed E-state index contributed by atoms with van der Waals surface area (Å²) in [6.07, 6.45) is 8.03. The molecule has 1 aromatic carbocycles. The summed E-state index contributed by atoms with van der Waals surface area (Å²) < 4.78 is 5.58. The smallest absolute Gasteiger partial charge is 0.339 e. The number of piperidine rings is 1. The Morgan fingerprint density at radius 1 is 1.03 bits per heavy atom. The van der Waals surface area contributed by atoms with E-state index in [1.807, 2.05) is 30.3 Å². The number of carbonyl (C=O) groups excluding carboxylic acids is 2. The second-order valence-corrected chi connectivity index (χ2v) is 9.37. The minimum absolute atomic E-state index is 0.108. The van der Waals surface area contributed by atoms with Gasteiger partial charge in [0, 0.05) is 23.4 Å². The average Bonchev–Trinajstić information content (AvgIpc) is 3.35. The number of fused-ring (bicyclic) bond motifs is 2. The molecule has 164 valence electrons. The summed E-state index contributed by atoms with van der Waals surface area (Å²) in [6.45, 7) is 1.30. The number of likely N-dealkylation sites (tertiary alicyclic amines) is 1. The van der Waals surface area contributed by atoms with E-state index in [1.165, 1.54) is 4.88 Å². The molecule has 3 heterocycles. The van der Waals surface area contributed by atoms with Crippen LogP contribution < -0.4 is 0 Å². The van der Waals surface area contributed by atoms with Crippen LogP contribution in [-0.4, -0.2) is 41.5 Å². The molecule has 6 heteroatoms. The normalized spacial score (nSPS) is 17.4. The molecule has 1 fully saturated rings. The van der Waals surface area contributed by atoms with Crippen LogP contribution in [0.3, 0.4) is 0 Å². The van der Waals surface area contributed by atoms with Gasteiger partial charge >= 0.3 is 5.97 Å². The second-order valence-electron chi connectivity index (χ2n) is 8.39. The zero-order valence-electron chi connectivity index (χ0n) is 18.0. The Balaban J connectivity index is 1.49. The maximum atomic E-state index is 13.3. The first-order chi connectivity index (χ1) is 15.7. The van der Waals surface area contributed by atoms with Gasteiger partial charge in [0.2, 0.25) is 0 Å². The van der Waals surface area contributed by atoms with Crippen molar-refractivity contribution in [3.8, 4) is 0 Å². The molecule has 5 rings (SSSR count). The maximum absolute atomic E-state index is 13.3. The van der Waals surface area contributed by atoms with E-state index in [0.717, 1.165) is 79.3 Å². The van der Waals surface area contributed by atoms with Gasteiger partial charge in [0.1, 0.15) is 0 Å². The number of allylic oxidation sites excluding steroid dienone is 1. The van der Waals surface area contributed by atoms with Crippen LogP contribution in [0.15, 0.2) is 41.8 Å². The summed E-state index contributed by atoms with van der Waals surface area (Å²) in [7, 11) is 0. The lowest BCUT2D eigenvalue weighted by atomic mass is 9.86. The molecule has 0 bridgehead atoms. The Bertz CT molecular complexity index is 1180. The van der Waals surface area contributed by atoms with Crippen molar-refractivity contribution in [2.24, 2.45) is 0 Å². The third kappa shape index (κ3) is 4.19. The van der Waals surface area contributed by atoms with Crippen LogP contribution in [0.2, 0.25) is 0 Å². The van der Waals surface area contributed by atoms with E-state index >= 15 is 0 Å². The van der Waals surface area contributed by atoms with Crippen LogP contribution in [0.4, 0.5) is 0 Å². The van der Waals surface area contributed by atoms with Gasteiger partial charge in [-0.1, -0.05) is 24.3 Å². The van der Waals surface area contributed by atoms with Crippen LogP contribution in [0.1, 0.15) is 58.6 Å². The molecule has 2 aromatic heterocycles. The van der Waals surface area contributed by atoms with Crippen LogP contribution in [0.25, 0.3) is 22.6 Å². The fraction of sp³-hybridized carbons (Fsp3) is 0.346. The molecule has 0 saturated carbocycles. The first-order valence-electron chi connectivity index (χ1n) is 11.3. The third-order valence-corrected chi connectivity index (χ3v) is 7.09. The molecule has 1 saturated heterocycles. The molecular formula is C26H26N2O3S. The number of ether oxygens (including phenoxy) is 1. The lowest BCUT2D eigenvalue weighted by Crippen LogP contribution is -2.38. The predicted octanol–water partition coefficient (Wildman–Crippen LogP) is 5.34. The quantitative estimate of drug-likeness (QED) is 0.508. The molecule has 1 aliphatic heterocycles. The van der Waals surface area contributed by atoms with Crippen molar-refractivity contribution < 1.29 is 14.3 Å². The summed E-state index contributed by atoms with van der Waals surface area (Å²) in [5.74, 6) is -0.536. The highest BCUT2D eigenvalue weighted by Gasteiger charge is 2.27. The van der Waals surface area contributed by atoms with Gasteiger partial charge in [0.05, 0.1) is 16.8 Å². The van der Waals surface area contributed by atoms with Crippen LogP contribution in [-0.2, 0) is 16.0 Å². The number of carbonyl (C=O) groups is 2. The molecule has 2 aliphatic rings. The first kappa shape index (κ1) is 20.9. The fourth-order valence-electron chi connectivity index (χ4n) is 4.69. The molecule has 3 aromatic rings. The highest BCUT2D eigenvalue weighted by molar-refractivity contribution is 7.10. The van der Waals surface area contributed by atoms with Gasteiger partial charge in [0.25, 0.3) is 5.91 Å². The zero-order chi connectivity index (χ0) is 21.9. The van der Waals surface area contributed by atoms with Crippen LogP contribution in [0.5, 0.6) is 0 Å². The fourth-order valence-corrected chi connectivity index (χ4v) is 5.37. The molecular weight excluding hydrogens is 420 g/mol. The second kappa shape index (κ2) is 9.25. The van der Waals surface area contributed by atoms with Gasteiger partial charge < -0.3 is 9.64 Å². The molecule has 1 aliphatic carbocycles. The molecule has 0 unspecified atom stereocenters. The van der Waals surface area contributed by atoms with Crippen molar-refractivity contribution >= 4 is 45.8 Å². The predicted molar refractivity (Wildman–Crippen MR) is 128 cm³/mol.